The lowest BCUT2D eigenvalue weighted by Crippen LogP contribution is -2.02. The van der Waals surface area contributed by atoms with E-state index >= 15 is 0 Å². The fourth-order valence-corrected chi connectivity index (χ4v) is 1.74. The zero-order valence-corrected chi connectivity index (χ0v) is 11.7. The van der Waals surface area contributed by atoms with Gasteiger partial charge in [-0.1, -0.05) is 37.1 Å². The summed E-state index contributed by atoms with van der Waals surface area (Å²) in [5.41, 5.74) is 3.12. The molecule has 0 radical (unpaired) electrons. The van der Waals surface area contributed by atoms with Gasteiger partial charge in [-0.2, -0.15) is 0 Å². The van der Waals surface area contributed by atoms with Crippen LogP contribution in [0.3, 0.4) is 0 Å². The van der Waals surface area contributed by atoms with E-state index in [-0.39, 0.29) is 12.6 Å². The molecule has 1 rings (SSSR count). The lowest BCUT2D eigenvalue weighted by molar-refractivity contribution is -0.137. The summed E-state index contributed by atoms with van der Waals surface area (Å²) in [6, 6.07) is 5.98. The van der Waals surface area contributed by atoms with Gasteiger partial charge in [-0.05, 0) is 37.0 Å². The summed E-state index contributed by atoms with van der Waals surface area (Å²) in [5, 5.41) is 9.02. The minimum atomic E-state index is -0.315. The quantitative estimate of drug-likeness (QED) is 0.467. The SMILES string of the molecule is CCCCOC(=O)/C=C/c1cc(C)ccc1CCO. The second-order valence-corrected chi connectivity index (χ2v) is 4.53. The molecule has 0 bridgehead atoms. The van der Waals surface area contributed by atoms with Crippen molar-refractivity contribution in [1.82, 2.24) is 0 Å². The van der Waals surface area contributed by atoms with E-state index in [2.05, 4.69) is 6.92 Å². The molecule has 1 aromatic rings. The first-order valence-corrected chi connectivity index (χ1v) is 6.72. The van der Waals surface area contributed by atoms with Gasteiger partial charge in [0.15, 0.2) is 0 Å². The summed E-state index contributed by atoms with van der Waals surface area (Å²) in [4.78, 5) is 11.5. The molecular formula is C16H22O3. The Hall–Kier alpha value is -1.61. The van der Waals surface area contributed by atoms with Crippen LogP contribution in [0.15, 0.2) is 24.3 Å². The van der Waals surface area contributed by atoms with Crippen molar-refractivity contribution in [3.63, 3.8) is 0 Å². The molecule has 0 fully saturated rings. The van der Waals surface area contributed by atoms with Crippen molar-refractivity contribution >= 4 is 12.0 Å². The van der Waals surface area contributed by atoms with Gasteiger partial charge < -0.3 is 9.84 Å². The summed E-state index contributed by atoms with van der Waals surface area (Å²) in [6.07, 6.45) is 5.69. The molecule has 0 amide bonds. The third-order valence-corrected chi connectivity index (χ3v) is 2.82. The molecule has 3 nitrogen and oxygen atoms in total. The number of carbonyl (C=O) groups is 1. The van der Waals surface area contributed by atoms with E-state index in [1.165, 1.54) is 6.08 Å². The van der Waals surface area contributed by atoms with Crippen LogP contribution in [0.2, 0.25) is 0 Å². The Bertz CT molecular complexity index is 436. The average molecular weight is 262 g/mol. The second kappa shape index (κ2) is 8.48. The van der Waals surface area contributed by atoms with Crippen LogP contribution in [-0.2, 0) is 16.0 Å². The second-order valence-electron chi connectivity index (χ2n) is 4.53. The molecule has 104 valence electrons. The molecule has 0 atom stereocenters. The predicted octanol–water partition coefficient (Wildman–Crippen LogP) is 2.89. The molecule has 19 heavy (non-hydrogen) atoms. The van der Waals surface area contributed by atoms with Crippen molar-refractivity contribution in [3.05, 3.63) is 41.0 Å². The number of hydrogen-bond donors (Lipinski definition) is 1. The van der Waals surface area contributed by atoms with Crippen molar-refractivity contribution in [2.45, 2.75) is 33.1 Å². The number of rotatable bonds is 7. The first-order valence-electron chi connectivity index (χ1n) is 6.72. The molecule has 1 N–H and O–H groups in total. The highest BCUT2D eigenvalue weighted by Gasteiger charge is 2.01. The maximum atomic E-state index is 11.5. The fourth-order valence-electron chi connectivity index (χ4n) is 1.74. The molecule has 0 aliphatic heterocycles. The van der Waals surface area contributed by atoms with Crippen LogP contribution < -0.4 is 0 Å². The van der Waals surface area contributed by atoms with Gasteiger partial charge in [-0.15, -0.1) is 0 Å². The highest BCUT2D eigenvalue weighted by atomic mass is 16.5. The van der Waals surface area contributed by atoms with Gasteiger partial charge in [0.1, 0.15) is 0 Å². The zero-order valence-electron chi connectivity index (χ0n) is 11.7. The number of benzene rings is 1. The van der Waals surface area contributed by atoms with Crippen LogP contribution in [0, 0.1) is 6.92 Å². The summed E-state index contributed by atoms with van der Waals surface area (Å²) in [7, 11) is 0. The number of aliphatic hydroxyl groups excluding tert-OH is 1. The van der Waals surface area contributed by atoms with Crippen LogP contribution in [-0.4, -0.2) is 24.3 Å². The fraction of sp³-hybridized carbons (Fsp3) is 0.438. The van der Waals surface area contributed by atoms with Gasteiger partial charge in [0.05, 0.1) is 6.61 Å². The van der Waals surface area contributed by atoms with E-state index in [0.29, 0.717) is 13.0 Å². The van der Waals surface area contributed by atoms with Gasteiger partial charge in [0, 0.05) is 12.7 Å². The van der Waals surface area contributed by atoms with Crippen LogP contribution in [0.25, 0.3) is 6.08 Å². The topological polar surface area (TPSA) is 46.5 Å². The van der Waals surface area contributed by atoms with Gasteiger partial charge in [-0.3, -0.25) is 0 Å². The van der Waals surface area contributed by atoms with E-state index in [0.717, 1.165) is 29.5 Å². The van der Waals surface area contributed by atoms with E-state index in [4.69, 9.17) is 9.84 Å². The lowest BCUT2D eigenvalue weighted by atomic mass is 10.0. The van der Waals surface area contributed by atoms with Crippen LogP contribution in [0.4, 0.5) is 0 Å². The molecule has 0 spiro atoms. The van der Waals surface area contributed by atoms with Gasteiger partial charge in [0.2, 0.25) is 0 Å². The average Bonchev–Trinajstić information content (AvgIpc) is 2.39. The highest BCUT2D eigenvalue weighted by molar-refractivity contribution is 5.87. The van der Waals surface area contributed by atoms with Crippen molar-refractivity contribution in [2.24, 2.45) is 0 Å². The standard InChI is InChI=1S/C16H22O3/c1-3-4-11-19-16(18)8-7-15-12-13(2)5-6-14(15)9-10-17/h5-8,12,17H,3-4,9-11H2,1-2H3/b8-7+. The molecule has 0 aliphatic carbocycles. The summed E-state index contributed by atoms with van der Waals surface area (Å²) in [6.45, 7) is 4.62. The van der Waals surface area contributed by atoms with E-state index in [1.807, 2.05) is 25.1 Å². The van der Waals surface area contributed by atoms with Crippen LogP contribution >= 0.6 is 0 Å². The van der Waals surface area contributed by atoms with Crippen LogP contribution in [0.5, 0.6) is 0 Å². The Morgan fingerprint density at radius 2 is 2.21 bits per heavy atom. The number of hydrogen-bond acceptors (Lipinski definition) is 3. The molecule has 3 heteroatoms. The Labute approximate surface area is 114 Å². The molecule has 1 aromatic carbocycles. The Morgan fingerprint density at radius 1 is 1.42 bits per heavy atom. The number of aliphatic hydroxyl groups is 1. The number of ether oxygens (including phenoxy) is 1. The Balaban J connectivity index is 2.68. The third-order valence-electron chi connectivity index (χ3n) is 2.82. The number of esters is 1. The monoisotopic (exact) mass is 262 g/mol. The van der Waals surface area contributed by atoms with Crippen molar-refractivity contribution in [2.75, 3.05) is 13.2 Å². The molecule has 0 aliphatic rings. The maximum Gasteiger partial charge on any atom is 0.330 e. The molecule has 0 unspecified atom stereocenters. The third kappa shape index (κ3) is 5.71. The molecule has 0 saturated heterocycles. The van der Waals surface area contributed by atoms with Crippen molar-refractivity contribution < 1.29 is 14.6 Å². The minimum absolute atomic E-state index is 0.102. The summed E-state index contributed by atoms with van der Waals surface area (Å²) in [5.74, 6) is -0.315. The van der Waals surface area contributed by atoms with Crippen molar-refractivity contribution in [3.8, 4) is 0 Å². The first-order chi connectivity index (χ1) is 9.17. The van der Waals surface area contributed by atoms with E-state index in [9.17, 15) is 4.79 Å². The molecule has 0 aromatic heterocycles. The van der Waals surface area contributed by atoms with Crippen molar-refractivity contribution in [1.29, 1.82) is 0 Å². The van der Waals surface area contributed by atoms with Gasteiger partial charge in [-0.25, -0.2) is 4.79 Å². The zero-order chi connectivity index (χ0) is 14.1. The Kier molecular flexibility index (Phi) is 6.90. The predicted molar refractivity (Wildman–Crippen MR) is 76.9 cm³/mol. The van der Waals surface area contributed by atoms with E-state index in [1.54, 1.807) is 6.08 Å². The lowest BCUT2D eigenvalue weighted by Gasteiger charge is -2.06. The van der Waals surface area contributed by atoms with E-state index < -0.39 is 0 Å². The number of unbranched alkanes of at least 4 members (excludes halogenated alkanes) is 1. The smallest absolute Gasteiger partial charge is 0.330 e. The number of aryl methyl sites for hydroxylation is 1. The maximum absolute atomic E-state index is 11.5. The minimum Gasteiger partial charge on any atom is -0.463 e. The highest BCUT2D eigenvalue weighted by Crippen LogP contribution is 2.14. The molecular weight excluding hydrogens is 240 g/mol. The number of carbonyl (C=O) groups excluding carboxylic acids is 1. The molecule has 0 heterocycles. The normalized spacial score (nSPS) is 10.9. The summed E-state index contributed by atoms with van der Waals surface area (Å²) >= 11 is 0. The van der Waals surface area contributed by atoms with Gasteiger partial charge in [0.25, 0.3) is 0 Å². The summed E-state index contributed by atoms with van der Waals surface area (Å²) < 4.78 is 5.06. The first kappa shape index (κ1) is 15.4. The van der Waals surface area contributed by atoms with Crippen LogP contribution in [0.1, 0.15) is 36.5 Å². The molecule has 0 saturated carbocycles. The van der Waals surface area contributed by atoms with Gasteiger partial charge >= 0.3 is 5.97 Å². The largest absolute Gasteiger partial charge is 0.463 e. The Morgan fingerprint density at radius 3 is 2.89 bits per heavy atom.